The van der Waals surface area contributed by atoms with Gasteiger partial charge in [0.25, 0.3) is 0 Å². The fourth-order valence-electron chi connectivity index (χ4n) is 3.27. The lowest BCUT2D eigenvalue weighted by Gasteiger charge is -2.21. The number of carbonyl (C=O) groups is 2. The van der Waals surface area contributed by atoms with E-state index in [-0.39, 0.29) is 19.4 Å². The lowest BCUT2D eigenvalue weighted by molar-refractivity contribution is -0.134. The summed E-state index contributed by atoms with van der Waals surface area (Å²) in [5, 5.41) is 15.7. The number of nitrogens with zero attached hydrogens (tertiary/aromatic N) is 1. The first-order valence-corrected chi connectivity index (χ1v) is 10.7. The van der Waals surface area contributed by atoms with E-state index in [2.05, 4.69) is 15.6 Å². The first kappa shape index (κ1) is 23.9. The number of aliphatic hydroxyl groups excluding tert-OH is 1. The number of rotatable bonds is 10. The van der Waals surface area contributed by atoms with Crippen molar-refractivity contribution in [3.8, 4) is 0 Å². The number of pyridine rings is 1. The summed E-state index contributed by atoms with van der Waals surface area (Å²) in [5.41, 5.74) is 7.99. The molecule has 0 aliphatic carbocycles. The van der Waals surface area contributed by atoms with Gasteiger partial charge in [0, 0.05) is 19.2 Å². The molecule has 0 radical (unpaired) electrons. The molecule has 172 valence electrons. The van der Waals surface area contributed by atoms with Crippen LogP contribution in [0.15, 0.2) is 72.9 Å². The Morgan fingerprint density at radius 2 is 1.64 bits per heavy atom. The normalized spacial score (nSPS) is 12.5. The fraction of sp³-hybridized carbons (Fsp3) is 0.240. The molecule has 33 heavy (non-hydrogen) atoms. The van der Waals surface area contributed by atoms with Gasteiger partial charge in [0.05, 0.1) is 0 Å². The van der Waals surface area contributed by atoms with Crippen molar-refractivity contribution in [2.45, 2.75) is 38.0 Å². The van der Waals surface area contributed by atoms with E-state index in [1.54, 1.807) is 30.5 Å². The molecule has 1 heterocycles. The van der Waals surface area contributed by atoms with Crippen LogP contribution in [0.1, 0.15) is 23.1 Å². The van der Waals surface area contributed by atoms with Crippen molar-refractivity contribution in [1.82, 2.24) is 15.6 Å². The van der Waals surface area contributed by atoms with Gasteiger partial charge in [0.1, 0.15) is 23.8 Å². The standard InChI is InChI=1S/C25H27FN4O3/c26-20-10-6-18(7-11-20)14-21(24(32)29-16-19-9-13-23(27)28-15-19)30-25(33)22(31)12-8-17-4-2-1-3-5-17/h1-7,9-11,13,15,21-22,31H,8,12,14,16H2,(H2,27,28)(H,29,32)(H,30,33)/t21-,22+/m0/s1. The number of amides is 2. The highest BCUT2D eigenvalue weighted by Crippen LogP contribution is 2.09. The third-order valence-electron chi connectivity index (χ3n) is 5.15. The summed E-state index contributed by atoms with van der Waals surface area (Å²) in [6, 6.07) is 17.6. The zero-order valence-electron chi connectivity index (χ0n) is 18.1. The summed E-state index contributed by atoms with van der Waals surface area (Å²) in [6.07, 6.45) is 1.17. The van der Waals surface area contributed by atoms with Crippen LogP contribution in [0.4, 0.5) is 10.2 Å². The number of halogens is 1. The number of aryl methyl sites for hydroxylation is 1. The summed E-state index contributed by atoms with van der Waals surface area (Å²) in [4.78, 5) is 29.5. The average Bonchev–Trinajstić information content (AvgIpc) is 2.83. The topological polar surface area (TPSA) is 117 Å². The van der Waals surface area contributed by atoms with Gasteiger partial charge in [-0.1, -0.05) is 48.5 Å². The molecule has 7 nitrogen and oxygen atoms in total. The van der Waals surface area contributed by atoms with Crippen LogP contribution in [0.2, 0.25) is 0 Å². The van der Waals surface area contributed by atoms with Crippen LogP contribution in [-0.2, 0) is 29.0 Å². The molecule has 0 bridgehead atoms. The zero-order chi connectivity index (χ0) is 23.6. The molecule has 3 aromatic rings. The second kappa shape index (κ2) is 11.7. The van der Waals surface area contributed by atoms with Gasteiger partial charge in [-0.3, -0.25) is 9.59 Å². The lowest BCUT2D eigenvalue weighted by atomic mass is 10.0. The Balaban J connectivity index is 1.63. The summed E-state index contributed by atoms with van der Waals surface area (Å²) in [7, 11) is 0. The molecule has 2 amide bonds. The first-order chi connectivity index (χ1) is 15.9. The van der Waals surface area contributed by atoms with E-state index in [0.29, 0.717) is 17.8 Å². The van der Waals surface area contributed by atoms with Crippen LogP contribution in [-0.4, -0.2) is 34.1 Å². The molecule has 0 aliphatic heterocycles. The Hall–Kier alpha value is -3.78. The van der Waals surface area contributed by atoms with Gasteiger partial charge >= 0.3 is 0 Å². The summed E-state index contributed by atoms with van der Waals surface area (Å²) in [5.74, 6) is -1.09. The number of nitrogens with one attached hydrogen (secondary N) is 2. The van der Waals surface area contributed by atoms with Crippen LogP contribution in [0.5, 0.6) is 0 Å². The number of aromatic nitrogens is 1. The molecule has 8 heteroatoms. The largest absolute Gasteiger partial charge is 0.384 e. The van der Waals surface area contributed by atoms with Crippen LogP contribution < -0.4 is 16.4 Å². The molecule has 0 saturated heterocycles. The molecule has 0 fully saturated rings. The van der Waals surface area contributed by atoms with Gasteiger partial charge in [-0.25, -0.2) is 9.37 Å². The SMILES string of the molecule is Nc1ccc(CNC(=O)[C@H](Cc2ccc(F)cc2)NC(=O)[C@H](O)CCc2ccccc2)cn1. The van der Waals surface area contributed by atoms with Gasteiger partial charge in [0.15, 0.2) is 0 Å². The molecule has 5 N–H and O–H groups in total. The number of benzene rings is 2. The highest BCUT2D eigenvalue weighted by molar-refractivity contribution is 5.89. The Morgan fingerprint density at radius 3 is 2.30 bits per heavy atom. The minimum absolute atomic E-state index is 0.142. The van der Waals surface area contributed by atoms with E-state index in [4.69, 9.17) is 5.73 Å². The minimum Gasteiger partial charge on any atom is -0.384 e. The number of hydrogen-bond donors (Lipinski definition) is 4. The van der Waals surface area contributed by atoms with Crippen LogP contribution in [0.3, 0.4) is 0 Å². The van der Waals surface area contributed by atoms with Crippen molar-refractivity contribution in [2.24, 2.45) is 0 Å². The molecule has 2 aromatic carbocycles. The fourth-order valence-corrected chi connectivity index (χ4v) is 3.27. The number of hydrogen-bond acceptors (Lipinski definition) is 5. The van der Waals surface area contributed by atoms with Crippen LogP contribution >= 0.6 is 0 Å². The quantitative estimate of drug-likeness (QED) is 0.378. The first-order valence-electron chi connectivity index (χ1n) is 10.7. The highest BCUT2D eigenvalue weighted by atomic mass is 19.1. The van der Waals surface area contributed by atoms with Gasteiger partial charge in [-0.2, -0.15) is 0 Å². The molecule has 0 aliphatic rings. The van der Waals surface area contributed by atoms with E-state index >= 15 is 0 Å². The van der Waals surface area contributed by atoms with Gasteiger partial charge in [-0.15, -0.1) is 0 Å². The van der Waals surface area contributed by atoms with Crippen molar-refractivity contribution in [2.75, 3.05) is 5.73 Å². The van der Waals surface area contributed by atoms with Crippen molar-refractivity contribution in [1.29, 1.82) is 0 Å². The molecular formula is C25H27FN4O3. The Bertz CT molecular complexity index is 1040. The maximum Gasteiger partial charge on any atom is 0.249 e. The number of nitrogen functional groups attached to an aromatic ring is 1. The maximum absolute atomic E-state index is 13.3. The van der Waals surface area contributed by atoms with Crippen LogP contribution in [0.25, 0.3) is 0 Å². The predicted molar refractivity (Wildman–Crippen MR) is 123 cm³/mol. The molecule has 3 rings (SSSR count). The predicted octanol–water partition coefficient (Wildman–Crippen LogP) is 2.14. The Kier molecular flexibility index (Phi) is 8.49. The second-order valence-corrected chi connectivity index (χ2v) is 7.74. The average molecular weight is 451 g/mol. The number of aliphatic hydroxyl groups is 1. The number of carbonyl (C=O) groups excluding carboxylic acids is 2. The van der Waals surface area contributed by atoms with Crippen molar-refractivity contribution < 1.29 is 19.1 Å². The molecule has 1 aromatic heterocycles. The third kappa shape index (κ3) is 7.69. The van der Waals surface area contributed by atoms with Gasteiger partial charge < -0.3 is 21.5 Å². The molecule has 2 atom stereocenters. The van der Waals surface area contributed by atoms with E-state index in [1.807, 2.05) is 30.3 Å². The van der Waals surface area contributed by atoms with Crippen molar-refractivity contribution >= 4 is 17.6 Å². The monoisotopic (exact) mass is 450 g/mol. The van der Waals surface area contributed by atoms with Crippen molar-refractivity contribution in [3.63, 3.8) is 0 Å². The Morgan fingerprint density at radius 1 is 0.939 bits per heavy atom. The van der Waals surface area contributed by atoms with Crippen molar-refractivity contribution in [3.05, 3.63) is 95.4 Å². The summed E-state index contributed by atoms with van der Waals surface area (Å²) in [6.45, 7) is 0.193. The summed E-state index contributed by atoms with van der Waals surface area (Å²) < 4.78 is 13.3. The van der Waals surface area contributed by atoms with Crippen LogP contribution in [0, 0.1) is 5.82 Å². The van der Waals surface area contributed by atoms with E-state index in [9.17, 15) is 19.1 Å². The van der Waals surface area contributed by atoms with E-state index < -0.39 is 29.8 Å². The highest BCUT2D eigenvalue weighted by Gasteiger charge is 2.24. The van der Waals surface area contributed by atoms with E-state index in [1.165, 1.54) is 12.1 Å². The Labute approximate surface area is 191 Å². The summed E-state index contributed by atoms with van der Waals surface area (Å²) >= 11 is 0. The van der Waals surface area contributed by atoms with E-state index in [0.717, 1.165) is 11.1 Å². The second-order valence-electron chi connectivity index (χ2n) is 7.74. The molecule has 0 unspecified atom stereocenters. The minimum atomic E-state index is -1.27. The third-order valence-corrected chi connectivity index (χ3v) is 5.15. The maximum atomic E-state index is 13.3. The smallest absolute Gasteiger partial charge is 0.249 e. The number of nitrogens with two attached hydrogens (primary N) is 1. The molecule has 0 saturated carbocycles. The zero-order valence-corrected chi connectivity index (χ0v) is 18.1. The molecular weight excluding hydrogens is 423 g/mol. The van der Waals surface area contributed by atoms with Gasteiger partial charge in [-0.05, 0) is 47.7 Å². The van der Waals surface area contributed by atoms with Gasteiger partial charge in [0.2, 0.25) is 11.8 Å². The number of anilines is 1. The lowest BCUT2D eigenvalue weighted by Crippen LogP contribution is -2.50. The molecule has 0 spiro atoms.